The number of ether oxygens (including phenoxy) is 1. The van der Waals surface area contributed by atoms with Crippen LogP contribution in [0.2, 0.25) is 0 Å². The lowest BCUT2D eigenvalue weighted by atomic mass is 9.69. The Bertz CT molecular complexity index is 1770. The van der Waals surface area contributed by atoms with Crippen molar-refractivity contribution in [1.29, 1.82) is 0 Å². The summed E-state index contributed by atoms with van der Waals surface area (Å²) in [6.07, 6.45) is 12.3. The maximum atomic E-state index is 14.8. The maximum absolute atomic E-state index is 14.8. The van der Waals surface area contributed by atoms with Gasteiger partial charge in [-0.05, 0) is 104 Å². The topological polar surface area (TPSA) is 9.23 Å². The van der Waals surface area contributed by atoms with Crippen LogP contribution in [0.5, 0.6) is 5.75 Å². The number of benzene rings is 4. The second kappa shape index (κ2) is 17.1. The average Bonchev–Trinajstić information content (AvgIpc) is 3.11. The van der Waals surface area contributed by atoms with Crippen LogP contribution in [0.25, 0.3) is 22.3 Å². The van der Waals surface area contributed by atoms with E-state index in [9.17, 15) is 35.1 Å². The molecule has 278 valence electrons. The molecule has 0 atom stereocenters. The lowest BCUT2D eigenvalue weighted by Crippen LogP contribution is -2.25. The highest BCUT2D eigenvalue weighted by atomic mass is 19.3. The van der Waals surface area contributed by atoms with E-state index < -0.39 is 52.3 Å². The molecule has 2 saturated carbocycles. The fraction of sp³-hybridized carbons (Fsp3) is 0.395. The van der Waals surface area contributed by atoms with E-state index in [0.717, 1.165) is 35.3 Å². The fourth-order valence-electron chi connectivity index (χ4n) is 7.68. The van der Waals surface area contributed by atoms with E-state index in [0.29, 0.717) is 23.3 Å². The number of hydrogen-bond acceptors (Lipinski definition) is 1. The van der Waals surface area contributed by atoms with Crippen LogP contribution in [-0.2, 0) is 6.11 Å². The summed E-state index contributed by atoms with van der Waals surface area (Å²) in [5.74, 6) is -7.20. The second-order valence-electron chi connectivity index (χ2n) is 14.2. The minimum Gasteiger partial charge on any atom is -0.429 e. The normalized spacial score (nSPS) is 20.5. The summed E-state index contributed by atoms with van der Waals surface area (Å²) < 4.78 is 117. The molecule has 2 aliphatic rings. The first-order valence-corrected chi connectivity index (χ1v) is 18.0. The monoisotopic (exact) mass is 728 g/mol. The summed E-state index contributed by atoms with van der Waals surface area (Å²) >= 11 is 0. The summed E-state index contributed by atoms with van der Waals surface area (Å²) in [6, 6.07) is 12.2. The fourth-order valence-corrected chi connectivity index (χ4v) is 7.68. The predicted octanol–water partition coefficient (Wildman–Crippen LogP) is 13.9. The number of halogens is 8. The van der Waals surface area contributed by atoms with E-state index in [1.165, 1.54) is 76.3 Å². The number of rotatable bonds is 9. The van der Waals surface area contributed by atoms with Gasteiger partial charge in [0.1, 0.15) is 28.8 Å². The van der Waals surface area contributed by atoms with Crippen molar-refractivity contribution in [2.45, 2.75) is 84.2 Å². The van der Waals surface area contributed by atoms with Gasteiger partial charge in [0.05, 0.1) is 0 Å². The van der Waals surface area contributed by atoms with Crippen LogP contribution < -0.4 is 4.74 Å². The van der Waals surface area contributed by atoms with Gasteiger partial charge in [0, 0.05) is 17.7 Å². The van der Waals surface area contributed by atoms with Crippen LogP contribution >= 0.6 is 0 Å². The van der Waals surface area contributed by atoms with Crippen LogP contribution in [0.1, 0.15) is 82.3 Å². The second-order valence-corrected chi connectivity index (χ2v) is 14.2. The molecule has 0 aromatic heterocycles. The third-order valence-corrected chi connectivity index (χ3v) is 10.6. The van der Waals surface area contributed by atoms with Crippen molar-refractivity contribution < 1.29 is 39.9 Å². The Hall–Kier alpha value is -4.14. The van der Waals surface area contributed by atoms with Gasteiger partial charge in [0.25, 0.3) is 0 Å². The highest BCUT2D eigenvalue weighted by Gasteiger charge is 2.42. The molecule has 2 fully saturated rings. The zero-order valence-electron chi connectivity index (χ0n) is 29.4. The molecule has 2 aliphatic carbocycles. The molecule has 52 heavy (non-hydrogen) atoms. The summed E-state index contributed by atoms with van der Waals surface area (Å²) in [7, 11) is 0. The molecule has 0 radical (unpaired) electrons. The molecule has 0 amide bonds. The number of allylic oxidation sites excluding steroid dienone is 1. The first kappa shape index (κ1) is 39.1. The maximum Gasteiger partial charge on any atom is 0.432 e. The lowest BCUT2D eigenvalue weighted by Gasteiger charge is -2.37. The van der Waals surface area contributed by atoms with Gasteiger partial charge in [-0.2, -0.15) is 8.78 Å². The Kier molecular flexibility index (Phi) is 12.9. The highest BCUT2D eigenvalue weighted by molar-refractivity contribution is 5.71. The van der Waals surface area contributed by atoms with Crippen molar-refractivity contribution in [3.05, 3.63) is 125 Å². The van der Waals surface area contributed by atoms with Gasteiger partial charge in [-0.3, -0.25) is 0 Å². The SMILES string of the molecule is C=CC1CCC(C2CCC(CCC)CC2)CC1.Cc1ccc(-c2ccc(-c3cc(F)c(C(F)(F)Oc4cc(F)c(F)c(F)c4)c(F)c3)c(F)c2)cc1. The van der Waals surface area contributed by atoms with Crippen LogP contribution in [0.3, 0.4) is 0 Å². The van der Waals surface area contributed by atoms with Gasteiger partial charge in [0.15, 0.2) is 17.5 Å². The van der Waals surface area contributed by atoms with E-state index in [4.69, 9.17) is 0 Å². The molecule has 4 aromatic rings. The number of hydrogen-bond donors (Lipinski definition) is 0. The molecule has 4 aromatic carbocycles. The molecule has 0 spiro atoms. The molecule has 0 aliphatic heterocycles. The zero-order chi connectivity index (χ0) is 37.6. The number of alkyl halides is 2. The Labute approximate surface area is 300 Å². The molecule has 6 rings (SSSR count). The van der Waals surface area contributed by atoms with E-state index in [2.05, 4.69) is 24.3 Å². The van der Waals surface area contributed by atoms with Crippen molar-refractivity contribution >= 4 is 0 Å². The summed E-state index contributed by atoms with van der Waals surface area (Å²) in [5.41, 5.74) is -0.319. The largest absolute Gasteiger partial charge is 0.432 e. The van der Waals surface area contributed by atoms with Crippen molar-refractivity contribution in [1.82, 2.24) is 0 Å². The van der Waals surface area contributed by atoms with Gasteiger partial charge >= 0.3 is 6.11 Å². The molecule has 9 heteroatoms. The highest BCUT2D eigenvalue weighted by Crippen LogP contribution is 2.43. The Morgan fingerprint density at radius 1 is 0.654 bits per heavy atom. The van der Waals surface area contributed by atoms with Crippen molar-refractivity contribution in [2.75, 3.05) is 0 Å². The van der Waals surface area contributed by atoms with Crippen LogP contribution in [0, 0.1) is 65.5 Å². The Morgan fingerprint density at radius 2 is 1.17 bits per heavy atom. The summed E-state index contributed by atoms with van der Waals surface area (Å²) in [4.78, 5) is 0. The standard InChI is InChI=1S/C26H14F8O.C17H30/c1-13-2-4-14(5-3-13)15-6-7-18(19(27)8-15)16-9-20(28)24(21(29)10-16)26(33,34)35-17-11-22(30)25(32)23(31)12-17;1-3-5-15-8-12-17(13-9-15)16-10-6-14(4-2)7-11-16/h2-12H,1H3;4,14-17H,2-3,5-13H2,1H3. The minimum absolute atomic E-state index is 0.0987. The number of aryl methyl sites for hydroxylation is 1. The van der Waals surface area contributed by atoms with Gasteiger partial charge in [-0.15, -0.1) is 6.58 Å². The van der Waals surface area contributed by atoms with Crippen LogP contribution in [-0.4, -0.2) is 0 Å². The zero-order valence-corrected chi connectivity index (χ0v) is 29.4. The molecule has 0 bridgehead atoms. The molecular formula is C43H44F8O. The van der Waals surface area contributed by atoms with Crippen LogP contribution in [0.4, 0.5) is 35.1 Å². The van der Waals surface area contributed by atoms with Gasteiger partial charge < -0.3 is 4.74 Å². The van der Waals surface area contributed by atoms with Crippen molar-refractivity contribution in [3.63, 3.8) is 0 Å². The lowest BCUT2D eigenvalue weighted by molar-refractivity contribution is -0.189. The van der Waals surface area contributed by atoms with Crippen molar-refractivity contribution in [3.8, 4) is 28.0 Å². The molecule has 1 nitrogen and oxygen atoms in total. The molecule has 0 unspecified atom stereocenters. The average molecular weight is 729 g/mol. The van der Waals surface area contributed by atoms with Gasteiger partial charge in [0.2, 0.25) is 0 Å². The van der Waals surface area contributed by atoms with E-state index in [-0.39, 0.29) is 23.3 Å². The van der Waals surface area contributed by atoms with E-state index in [1.807, 2.05) is 19.1 Å². The third kappa shape index (κ3) is 9.44. The first-order chi connectivity index (χ1) is 24.8. The smallest absolute Gasteiger partial charge is 0.429 e. The van der Waals surface area contributed by atoms with Crippen LogP contribution in [0.15, 0.2) is 79.4 Å². The Morgan fingerprint density at radius 3 is 1.69 bits per heavy atom. The Balaban J connectivity index is 0.000000257. The summed E-state index contributed by atoms with van der Waals surface area (Å²) in [6.45, 7) is 8.17. The minimum atomic E-state index is -4.74. The van der Waals surface area contributed by atoms with Gasteiger partial charge in [-0.25, -0.2) is 26.3 Å². The van der Waals surface area contributed by atoms with Crippen molar-refractivity contribution in [2.24, 2.45) is 23.7 Å². The first-order valence-electron chi connectivity index (χ1n) is 18.0. The summed E-state index contributed by atoms with van der Waals surface area (Å²) in [5, 5.41) is 0. The van der Waals surface area contributed by atoms with E-state index in [1.54, 1.807) is 12.1 Å². The molecule has 0 saturated heterocycles. The predicted molar refractivity (Wildman–Crippen MR) is 189 cm³/mol. The van der Waals surface area contributed by atoms with Gasteiger partial charge in [-0.1, -0.05) is 80.6 Å². The molecular weight excluding hydrogens is 684 g/mol. The quantitative estimate of drug-likeness (QED) is 0.0947. The molecule has 0 heterocycles. The molecule has 0 N–H and O–H groups in total. The third-order valence-electron chi connectivity index (χ3n) is 10.6. The van der Waals surface area contributed by atoms with E-state index >= 15 is 0 Å².